The molecular formula is C15H30N2O3. The number of ether oxygens (including phenoxy) is 2. The van der Waals surface area contributed by atoms with Crippen LogP contribution in [0.4, 0.5) is 4.79 Å². The van der Waals surface area contributed by atoms with Crippen molar-refractivity contribution in [1.29, 1.82) is 0 Å². The summed E-state index contributed by atoms with van der Waals surface area (Å²) in [5.74, 6) is 0.574. The maximum Gasteiger partial charge on any atom is 0.410 e. The highest BCUT2D eigenvalue weighted by atomic mass is 16.6. The Hall–Kier alpha value is -0.810. The van der Waals surface area contributed by atoms with Crippen LogP contribution in [0.5, 0.6) is 0 Å². The van der Waals surface area contributed by atoms with Gasteiger partial charge in [0.25, 0.3) is 0 Å². The average Bonchev–Trinajstić information content (AvgIpc) is 2.76. The molecule has 2 atom stereocenters. The molecule has 5 heteroatoms. The van der Waals surface area contributed by atoms with Crippen molar-refractivity contribution in [2.45, 2.75) is 52.2 Å². The minimum Gasteiger partial charge on any atom is -0.444 e. The highest BCUT2D eigenvalue weighted by Crippen LogP contribution is 2.21. The number of methoxy groups -OCH3 is 1. The number of amides is 1. The molecule has 0 aromatic heterocycles. The van der Waals surface area contributed by atoms with Crippen LogP contribution < -0.4 is 5.32 Å². The van der Waals surface area contributed by atoms with Crippen LogP contribution in [0.1, 0.15) is 40.5 Å². The molecule has 0 radical (unpaired) electrons. The van der Waals surface area contributed by atoms with E-state index in [0.29, 0.717) is 12.0 Å². The molecule has 0 bridgehead atoms. The third-order valence-electron chi connectivity index (χ3n) is 3.40. The summed E-state index contributed by atoms with van der Waals surface area (Å²) in [5, 5.41) is 3.43. The van der Waals surface area contributed by atoms with Crippen molar-refractivity contribution < 1.29 is 14.3 Å². The molecule has 1 aliphatic heterocycles. The van der Waals surface area contributed by atoms with Crippen molar-refractivity contribution in [2.24, 2.45) is 5.92 Å². The first-order valence-corrected chi connectivity index (χ1v) is 7.52. The van der Waals surface area contributed by atoms with Gasteiger partial charge >= 0.3 is 6.09 Å². The summed E-state index contributed by atoms with van der Waals surface area (Å²) in [6.07, 6.45) is 1.98. The predicted octanol–water partition coefficient (Wildman–Crippen LogP) is 2.26. The Kier molecular flexibility index (Phi) is 6.76. The van der Waals surface area contributed by atoms with E-state index in [1.54, 1.807) is 7.11 Å². The fourth-order valence-corrected chi connectivity index (χ4v) is 2.40. The van der Waals surface area contributed by atoms with Gasteiger partial charge in [-0.05, 0) is 53.0 Å². The summed E-state index contributed by atoms with van der Waals surface area (Å²) in [6, 6.07) is 0.378. The predicted molar refractivity (Wildman–Crippen MR) is 79.9 cm³/mol. The summed E-state index contributed by atoms with van der Waals surface area (Å²) < 4.78 is 10.5. The molecule has 1 N–H and O–H groups in total. The second-order valence-electron chi connectivity index (χ2n) is 6.68. The smallest absolute Gasteiger partial charge is 0.410 e. The molecule has 0 aromatic rings. The number of carbonyl (C=O) groups is 1. The Labute approximate surface area is 123 Å². The Bertz CT molecular complexity index is 302. The van der Waals surface area contributed by atoms with E-state index in [-0.39, 0.29) is 6.09 Å². The van der Waals surface area contributed by atoms with Gasteiger partial charge in [-0.2, -0.15) is 0 Å². The summed E-state index contributed by atoms with van der Waals surface area (Å²) in [5.41, 5.74) is -0.410. The quantitative estimate of drug-likeness (QED) is 0.813. The van der Waals surface area contributed by atoms with E-state index in [1.807, 2.05) is 25.7 Å². The first-order valence-electron chi connectivity index (χ1n) is 7.52. The summed E-state index contributed by atoms with van der Waals surface area (Å²) >= 11 is 0. The van der Waals surface area contributed by atoms with Gasteiger partial charge < -0.3 is 19.7 Å². The van der Waals surface area contributed by atoms with Gasteiger partial charge in [0.15, 0.2) is 0 Å². The monoisotopic (exact) mass is 286 g/mol. The molecule has 1 fully saturated rings. The Morgan fingerprint density at radius 2 is 2.15 bits per heavy atom. The van der Waals surface area contributed by atoms with Gasteiger partial charge in [0.1, 0.15) is 5.60 Å². The largest absolute Gasteiger partial charge is 0.444 e. The molecule has 0 aliphatic carbocycles. The lowest BCUT2D eigenvalue weighted by atomic mass is 10.1. The van der Waals surface area contributed by atoms with Crippen LogP contribution in [0.2, 0.25) is 0 Å². The van der Waals surface area contributed by atoms with E-state index in [2.05, 4.69) is 12.2 Å². The zero-order chi connectivity index (χ0) is 15.2. The van der Waals surface area contributed by atoms with E-state index in [9.17, 15) is 4.79 Å². The SMILES string of the molecule is COCC(C)NCCC1CCN(C(=O)OC(C)(C)C)C1. The highest BCUT2D eigenvalue weighted by molar-refractivity contribution is 5.68. The maximum absolute atomic E-state index is 11.9. The first-order chi connectivity index (χ1) is 9.31. The van der Waals surface area contributed by atoms with E-state index >= 15 is 0 Å². The van der Waals surface area contributed by atoms with Crippen molar-refractivity contribution in [2.75, 3.05) is 33.4 Å². The molecule has 1 amide bonds. The van der Waals surface area contributed by atoms with Gasteiger partial charge in [0, 0.05) is 26.2 Å². The highest BCUT2D eigenvalue weighted by Gasteiger charge is 2.29. The minimum absolute atomic E-state index is 0.180. The third kappa shape index (κ3) is 6.57. The molecule has 1 rings (SSSR count). The summed E-state index contributed by atoms with van der Waals surface area (Å²) in [4.78, 5) is 13.8. The van der Waals surface area contributed by atoms with Crippen LogP contribution >= 0.6 is 0 Å². The second-order valence-corrected chi connectivity index (χ2v) is 6.68. The van der Waals surface area contributed by atoms with E-state index in [1.165, 1.54) is 0 Å². The van der Waals surface area contributed by atoms with Crippen LogP contribution in [-0.2, 0) is 9.47 Å². The molecule has 0 saturated carbocycles. The number of carbonyl (C=O) groups excluding carboxylic acids is 1. The molecule has 1 saturated heterocycles. The van der Waals surface area contributed by atoms with E-state index in [0.717, 1.165) is 39.1 Å². The number of rotatable bonds is 6. The van der Waals surface area contributed by atoms with Crippen molar-refractivity contribution in [3.8, 4) is 0 Å². The molecule has 0 spiro atoms. The summed E-state index contributed by atoms with van der Waals surface area (Å²) in [6.45, 7) is 11.2. The summed E-state index contributed by atoms with van der Waals surface area (Å²) in [7, 11) is 1.72. The molecule has 118 valence electrons. The van der Waals surface area contributed by atoms with Crippen molar-refractivity contribution in [3.05, 3.63) is 0 Å². The molecular weight excluding hydrogens is 256 g/mol. The zero-order valence-corrected chi connectivity index (χ0v) is 13.6. The van der Waals surface area contributed by atoms with Gasteiger partial charge in [-0.15, -0.1) is 0 Å². The fourth-order valence-electron chi connectivity index (χ4n) is 2.40. The molecule has 20 heavy (non-hydrogen) atoms. The first kappa shape index (κ1) is 17.2. The Morgan fingerprint density at radius 1 is 1.45 bits per heavy atom. The second kappa shape index (κ2) is 7.84. The van der Waals surface area contributed by atoms with Gasteiger partial charge in [0.05, 0.1) is 6.61 Å². The van der Waals surface area contributed by atoms with Gasteiger partial charge in [0.2, 0.25) is 0 Å². The van der Waals surface area contributed by atoms with Crippen molar-refractivity contribution >= 4 is 6.09 Å². The number of nitrogens with one attached hydrogen (secondary N) is 1. The normalized spacial score (nSPS) is 21.1. The van der Waals surface area contributed by atoms with E-state index in [4.69, 9.17) is 9.47 Å². The number of hydrogen-bond donors (Lipinski definition) is 1. The van der Waals surface area contributed by atoms with Crippen LogP contribution in [0.3, 0.4) is 0 Å². The standard InChI is InChI=1S/C15H30N2O3/c1-12(11-19-5)16-8-6-13-7-9-17(10-13)14(18)20-15(2,3)4/h12-13,16H,6-11H2,1-5H3. The Balaban J connectivity index is 2.21. The third-order valence-corrected chi connectivity index (χ3v) is 3.40. The molecule has 2 unspecified atom stereocenters. The lowest BCUT2D eigenvalue weighted by Gasteiger charge is -2.24. The zero-order valence-electron chi connectivity index (χ0n) is 13.6. The molecule has 0 aromatic carbocycles. The number of likely N-dealkylation sites (tertiary alicyclic amines) is 1. The fraction of sp³-hybridized carbons (Fsp3) is 0.933. The van der Waals surface area contributed by atoms with Crippen molar-refractivity contribution in [3.63, 3.8) is 0 Å². The van der Waals surface area contributed by atoms with Crippen LogP contribution in [0, 0.1) is 5.92 Å². The van der Waals surface area contributed by atoms with Gasteiger partial charge in [-0.25, -0.2) is 4.79 Å². The molecule has 1 heterocycles. The van der Waals surface area contributed by atoms with Crippen LogP contribution in [0.25, 0.3) is 0 Å². The Morgan fingerprint density at radius 3 is 2.75 bits per heavy atom. The lowest BCUT2D eigenvalue weighted by Crippen LogP contribution is -2.36. The van der Waals surface area contributed by atoms with Gasteiger partial charge in [-0.1, -0.05) is 0 Å². The average molecular weight is 286 g/mol. The van der Waals surface area contributed by atoms with E-state index < -0.39 is 5.60 Å². The molecule has 5 nitrogen and oxygen atoms in total. The van der Waals surface area contributed by atoms with Crippen LogP contribution in [0.15, 0.2) is 0 Å². The van der Waals surface area contributed by atoms with Crippen LogP contribution in [-0.4, -0.2) is 56.0 Å². The number of hydrogen-bond acceptors (Lipinski definition) is 4. The van der Waals surface area contributed by atoms with Gasteiger partial charge in [-0.3, -0.25) is 0 Å². The minimum atomic E-state index is -0.410. The topological polar surface area (TPSA) is 50.8 Å². The van der Waals surface area contributed by atoms with Crippen molar-refractivity contribution in [1.82, 2.24) is 10.2 Å². The lowest BCUT2D eigenvalue weighted by molar-refractivity contribution is 0.0287. The molecule has 1 aliphatic rings. The maximum atomic E-state index is 11.9. The number of nitrogens with zero attached hydrogens (tertiary/aromatic N) is 1.